The molecule has 6 nitrogen and oxygen atoms in total. The Balaban J connectivity index is 2.82. The van der Waals surface area contributed by atoms with Gasteiger partial charge in [-0.2, -0.15) is 0 Å². The molecule has 1 aliphatic carbocycles. The lowest BCUT2D eigenvalue weighted by Gasteiger charge is -2.49. The number of nitrogens with one attached hydrogen (secondary N) is 1. The number of carbonyl (C=O) groups is 2. The third kappa shape index (κ3) is 8.27. The molecule has 0 aromatic rings. The molecule has 1 saturated carbocycles. The van der Waals surface area contributed by atoms with E-state index in [0.29, 0.717) is 19.8 Å². The van der Waals surface area contributed by atoms with Crippen molar-refractivity contribution in [3.63, 3.8) is 0 Å². The predicted molar refractivity (Wildman–Crippen MR) is 112 cm³/mol. The number of alkyl carbamates (subject to hydrolysis) is 1. The van der Waals surface area contributed by atoms with Crippen LogP contribution in [0.1, 0.15) is 86.5 Å². The summed E-state index contributed by atoms with van der Waals surface area (Å²) in [7, 11) is 0. The van der Waals surface area contributed by atoms with Gasteiger partial charge in [0.1, 0.15) is 0 Å². The van der Waals surface area contributed by atoms with Crippen LogP contribution in [0.15, 0.2) is 0 Å². The Hall–Kier alpha value is -1.46. The van der Waals surface area contributed by atoms with Gasteiger partial charge in [0.05, 0.1) is 13.2 Å². The van der Waals surface area contributed by atoms with E-state index in [-0.39, 0.29) is 29.1 Å². The SMILES string of the molecule is CCCCOC(=O)NCC1(C)CC(N(CCCC)C(=O)OCC)CC(C)(C)C1. The second-order valence-electron chi connectivity index (χ2n) is 9.30. The van der Waals surface area contributed by atoms with Crippen molar-refractivity contribution < 1.29 is 19.1 Å². The molecular formula is C22H42N2O4. The number of carbonyl (C=O) groups excluding carboxylic acids is 2. The van der Waals surface area contributed by atoms with Crippen LogP contribution in [0.4, 0.5) is 9.59 Å². The normalized spacial score (nSPS) is 23.7. The summed E-state index contributed by atoms with van der Waals surface area (Å²) in [6, 6.07) is 0.122. The van der Waals surface area contributed by atoms with Gasteiger partial charge in [-0.15, -0.1) is 0 Å². The van der Waals surface area contributed by atoms with Gasteiger partial charge in [0.15, 0.2) is 0 Å². The first-order valence-corrected chi connectivity index (χ1v) is 11.0. The van der Waals surface area contributed by atoms with Gasteiger partial charge in [-0.05, 0) is 49.9 Å². The highest BCUT2D eigenvalue weighted by Crippen LogP contribution is 2.47. The monoisotopic (exact) mass is 398 g/mol. The maximum atomic E-state index is 12.6. The van der Waals surface area contributed by atoms with Gasteiger partial charge in [-0.3, -0.25) is 0 Å². The number of amides is 2. The maximum Gasteiger partial charge on any atom is 0.409 e. The minimum atomic E-state index is -0.345. The van der Waals surface area contributed by atoms with E-state index in [2.05, 4.69) is 39.9 Å². The molecule has 2 unspecified atom stereocenters. The van der Waals surface area contributed by atoms with Gasteiger partial charge in [-0.25, -0.2) is 9.59 Å². The summed E-state index contributed by atoms with van der Waals surface area (Å²) in [6.07, 6.45) is 6.13. The number of unbranched alkanes of at least 4 members (excludes halogenated alkanes) is 2. The highest BCUT2D eigenvalue weighted by Gasteiger charge is 2.44. The molecule has 0 spiro atoms. The molecule has 0 saturated heterocycles. The summed E-state index contributed by atoms with van der Waals surface area (Å²) >= 11 is 0. The Morgan fingerprint density at radius 3 is 2.32 bits per heavy atom. The van der Waals surface area contributed by atoms with E-state index >= 15 is 0 Å². The molecule has 1 aliphatic rings. The average Bonchev–Trinajstić information content (AvgIpc) is 2.59. The summed E-state index contributed by atoms with van der Waals surface area (Å²) in [6.45, 7) is 14.9. The number of hydrogen-bond donors (Lipinski definition) is 1. The van der Waals surface area contributed by atoms with Crippen LogP contribution in [0.25, 0.3) is 0 Å². The van der Waals surface area contributed by atoms with Gasteiger partial charge < -0.3 is 19.7 Å². The van der Waals surface area contributed by atoms with Crippen LogP contribution in [0, 0.1) is 10.8 Å². The summed E-state index contributed by atoms with van der Waals surface area (Å²) in [5, 5.41) is 2.95. The average molecular weight is 399 g/mol. The second-order valence-corrected chi connectivity index (χ2v) is 9.30. The van der Waals surface area contributed by atoms with E-state index in [0.717, 1.165) is 51.5 Å². The molecule has 28 heavy (non-hydrogen) atoms. The first kappa shape index (κ1) is 24.6. The smallest absolute Gasteiger partial charge is 0.409 e. The van der Waals surface area contributed by atoms with E-state index in [1.54, 1.807) is 0 Å². The van der Waals surface area contributed by atoms with Crippen LogP contribution in [0.5, 0.6) is 0 Å². The third-order valence-corrected chi connectivity index (χ3v) is 5.51. The quantitative estimate of drug-likeness (QED) is 0.503. The largest absolute Gasteiger partial charge is 0.450 e. The Labute approximate surface area is 171 Å². The molecule has 0 aromatic heterocycles. The standard InChI is InChI=1S/C22H42N2O4/c1-7-10-12-24(20(26)27-9-3)18-14-21(4,5)16-22(6,15-18)17-23-19(25)28-13-11-8-2/h18H,7-17H2,1-6H3,(H,23,25). The summed E-state index contributed by atoms with van der Waals surface area (Å²) < 4.78 is 10.6. The summed E-state index contributed by atoms with van der Waals surface area (Å²) in [5.41, 5.74) is -0.00439. The zero-order valence-electron chi connectivity index (χ0n) is 18.9. The lowest BCUT2D eigenvalue weighted by Crippen LogP contribution is -2.52. The Morgan fingerprint density at radius 1 is 1.04 bits per heavy atom. The minimum Gasteiger partial charge on any atom is -0.450 e. The van der Waals surface area contributed by atoms with Crippen molar-refractivity contribution in [2.24, 2.45) is 10.8 Å². The highest BCUT2D eigenvalue weighted by atomic mass is 16.6. The van der Waals surface area contributed by atoms with Crippen molar-refractivity contribution in [1.29, 1.82) is 0 Å². The van der Waals surface area contributed by atoms with Crippen LogP contribution in [0.2, 0.25) is 0 Å². The maximum absolute atomic E-state index is 12.6. The molecule has 2 amide bonds. The van der Waals surface area contributed by atoms with E-state index < -0.39 is 0 Å². The third-order valence-electron chi connectivity index (χ3n) is 5.51. The fraction of sp³-hybridized carbons (Fsp3) is 0.909. The molecule has 164 valence electrons. The topological polar surface area (TPSA) is 67.9 Å². The Morgan fingerprint density at radius 2 is 1.71 bits per heavy atom. The fourth-order valence-corrected chi connectivity index (χ4v) is 4.54. The van der Waals surface area contributed by atoms with Crippen molar-refractivity contribution in [2.75, 3.05) is 26.3 Å². The first-order chi connectivity index (χ1) is 13.2. The second kappa shape index (κ2) is 11.5. The minimum absolute atomic E-state index is 0.0857. The highest BCUT2D eigenvalue weighted by molar-refractivity contribution is 5.68. The van der Waals surface area contributed by atoms with Crippen molar-refractivity contribution in [2.45, 2.75) is 92.5 Å². The molecule has 0 bridgehead atoms. The van der Waals surface area contributed by atoms with Gasteiger partial charge in [0.2, 0.25) is 0 Å². The lowest BCUT2D eigenvalue weighted by atomic mass is 9.62. The molecule has 6 heteroatoms. The Kier molecular flexibility index (Phi) is 10.1. The molecule has 1 rings (SSSR count). The van der Waals surface area contributed by atoms with Gasteiger partial charge in [-0.1, -0.05) is 47.5 Å². The van der Waals surface area contributed by atoms with Crippen molar-refractivity contribution >= 4 is 12.2 Å². The number of rotatable bonds is 10. The molecular weight excluding hydrogens is 356 g/mol. The van der Waals surface area contributed by atoms with Crippen molar-refractivity contribution in [3.05, 3.63) is 0 Å². The molecule has 2 atom stereocenters. The predicted octanol–water partition coefficient (Wildman–Crippen LogP) is 5.36. The van der Waals surface area contributed by atoms with Crippen molar-refractivity contribution in [3.8, 4) is 0 Å². The van der Waals surface area contributed by atoms with Crippen LogP contribution in [-0.2, 0) is 9.47 Å². The zero-order chi connectivity index (χ0) is 21.2. The number of ether oxygens (including phenoxy) is 2. The van der Waals surface area contributed by atoms with Gasteiger partial charge in [0.25, 0.3) is 0 Å². The molecule has 0 aromatic carbocycles. The van der Waals surface area contributed by atoms with E-state index in [9.17, 15) is 9.59 Å². The summed E-state index contributed by atoms with van der Waals surface area (Å²) in [4.78, 5) is 26.5. The molecule has 1 fully saturated rings. The van der Waals surface area contributed by atoms with Gasteiger partial charge >= 0.3 is 12.2 Å². The zero-order valence-corrected chi connectivity index (χ0v) is 18.9. The van der Waals surface area contributed by atoms with Gasteiger partial charge in [0, 0.05) is 19.1 Å². The van der Waals surface area contributed by atoms with Crippen LogP contribution >= 0.6 is 0 Å². The lowest BCUT2D eigenvalue weighted by molar-refractivity contribution is 0.0107. The molecule has 0 radical (unpaired) electrons. The van der Waals surface area contributed by atoms with Crippen LogP contribution in [0.3, 0.4) is 0 Å². The number of nitrogens with zero attached hydrogens (tertiary/aromatic N) is 1. The Bertz CT molecular complexity index is 495. The molecule has 0 heterocycles. The molecule has 0 aliphatic heterocycles. The van der Waals surface area contributed by atoms with Crippen LogP contribution < -0.4 is 5.32 Å². The molecule has 1 N–H and O–H groups in total. The van der Waals surface area contributed by atoms with E-state index in [1.807, 2.05) is 11.8 Å². The summed E-state index contributed by atoms with van der Waals surface area (Å²) in [5.74, 6) is 0. The number of hydrogen-bond acceptors (Lipinski definition) is 4. The van der Waals surface area contributed by atoms with E-state index in [1.165, 1.54) is 0 Å². The van der Waals surface area contributed by atoms with Crippen molar-refractivity contribution in [1.82, 2.24) is 10.2 Å². The first-order valence-electron chi connectivity index (χ1n) is 11.0. The van der Waals surface area contributed by atoms with E-state index in [4.69, 9.17) is 9.47 Å². The van der Waals surface area contributed by atoms with Crippen LogP contribution in [-0.4, -0.2) is 49.4 Å². The fourth-order valence-electron chi connectivity index (χ4n) is 4.54.